The van der Waals surface area contributed by atoms with E-state index >= 15 is 0 Å². The Balaban J connectivity index is 1.53. The molecule has 6 nitrogen and oxygen atoms in total. The zero-order valence-corrected chi connectivity index (χ0v) is 22.3. The second-order valence-electron chi connectivity index (χ2n) is 8.52. The molecule has 0 bridgehead atoms. The highest BCUT2D eigenvalue weighted by molar-refractivity contribution is 9.10. The quantitative estimate of drug-likeness (QED) is 0.305. The number of aliphatic imine (C=N–C) groups is 1. The number of benzene rings is 3. The Labute approximate surface area is 230 Å². The van der Waals surface area contributed by atoms with E-state index in [1.54, 1.807) is 12.1 Å². The van der Waals surface area contributed by atoms with Crippen LogP contribution in [0.25, 0.3) is 0 Å². The molecule has 0 aromatic heterocycles. The fraction of sp³-hybridized carbons (Fsp3) is 0.222. The summed E-state index contributed by atoms with van der Waals surface area (Å²) >= 11 is 4.98. The maximum Gasteiger partial charge on any atom is 0.416 e. The Morgan fingerprint density at radius 1 is 1.03 bits per heavy atom. The van der Waals surface area contributed by atoms with Gasteiger partial charge in [0.15, 0.2) is 5.17 Å². The van der Waals surface area contributed by atoms with E-state index in [1.807, 2.05) is 41.3 Å². The van der Waals surface area contributed by atoms with Crippen molar-refractivity contribution in [3.63, 3.8) is 0 Å². The van der Waals surface area contributed by atoms with Crippen LogP contribution < -0.4 is 10.2 Å². The first-order chi connectivity index (χ1) is 18.1. The molecule has 1 heterocycles. The average molecular weight is 606 g/mol. The monoisotopic (exact) mass is 605 g/mol. The molecule has 0 spiro atoms. The topological polar surface area (TPSA) is 82.0 Å². The number of nitrogens with one attached hydrogen (secondary N) is 1. The predicted molar refractivity (Wildman–Crippen MR) is 145 cm³/mol. The summed E-state index contributed by atoms with van der Waals surface area (Å²) in [7, 11) is 0. The lowest BCUT2D eigenvalue weighted by atomic mass is 10.1. The van der Waals surface area contributed by atoms with Gasteiger partial charge in [0.25, 0.3) is 5.91 Å². The van der Waals surface area contributed by atoms with Crippen molar-refractivity contribution in [2.75, 3.05) is 17.2 Å². The smallest absolute Gasteiger partial charge is 0.416 e. The van der Waals surface area contributed by atoms with Gasteiger partial charge in [-0.1, -0.05) is 52.0 Å². The second-order valence-corrected chi connectivity index (χ2v) is 10.4. The zero-order chi connectivity index (χ0) is 27.3. The Morgan fingerprint density at radius 3 is 2.29 bits per heavy atom. The molecule has 198 valence electrons. The van der Waals surface area contributed by atoms with Crippen LogP contribution in [0.4, 0.5) is 18.9 Å². The number of nitrogens with zero attached hydrogens (tertiary/aromatic N) is 2. The van der Waals surface area contributed by atoms with Gasteiger partial charge in [-0.2, -0.15) is 13.2 Å². The number of aliphatic carboxylic acids is 1. The van der Waals surface area contributed by atoms with Crippen LogP contribution in [0.3, 0.4) is 0 Å². The minimum atomic E-state index is -4.38. The molecule has 1 amide bonds. The number of rotatable bonds is 8. The Morgan fingerprint density at radius 2 is 1.68 bits per heavy atom. The van der Waals surface area contributed by atoms with Gasteiger partial charge in [0.05, 0.1) is 24.6 Å². The lowest BCUT2D eigenvalue weighted by Gasteiger charge is -2.24. The summed E-state index contributed by atoms with van der Waals surface area (Å²) in [6.45, 7) is 0.499. The standard InChI is InChI=1S/C27H23BrF3N3O3S/c28-21-9-11-22(12-10-21)34(15-17-1-3-19(4-2-17)25(37)32-14-13-24(35)36)26-33-23(16-38-26)18-5-7-20(8-6-18)27(29,30)31/h1-12,23H,13-16H2,(H,32,37)(H,35,36). The van der Waals surface area contributed by atoms with E-state index in [0.717, 1.165) is 38.6 Å². The summed E-state index contributed by atoms with van der Waals surface area (Å²) in [4.78, 5) is 29.8. The highest BCUT2D eigenvalue weighted by Gasteiger charge is 2.31. The third-order valence-electron chi connectivity index (χ3n) is 5.81. The maximum atomic E-state index is 13.0. The lowest BCUT2D eigenvalue weighted by Crippen LogP contribution is -2.27. The largest absolute Gasteiger partial charge is 0.481 e. The molecule has 1 aliphatic heterocycles. The van der Waals surface area contributed by atoms with Crippen molar-refractivity contribution in [1.82, 2.24) is 5.32 Å². The number of hydrogen-bond donors (Lipinski definition) is 2. The highest BCUT2D eigenvalue weighted by atomic mass is 79.9. The number of hydrogen-bond acceptors (Lipinski definition) is 5. The summed E-state index contributed by atoms with van der Waals surface area (Å²) in [6.07, 6.45) is -4.54. The van der Waals surface area contributed by atoms with Crippen LogP contribution in [0.5, 0.6) is 0 Å². The third kappa shape index (κ3) is 7.16. The van der Waals surface area contributed by atoms with Crippen LogP contribution in [0.2, 0.25) is 0 Å². The average Bonchev–Trinajstić information content (AvgIpc) is 3.38. The number of carbonyl (C=O) groups is 2. The van der Waals surface area contributed by atoms with Crippen molar-refractivity contribution in [3.05, 3.63) is 99.5 Å². The summed E-state index contributed by atoms with van der Waals surface area (Å²) < 4.78 is 39.8. The zero-order valence-electron chi connectivity index (χ0n) is 19.9. The van der Waals surface area contributed by atoms with Gasteiger partial charge in [0.2, 0.25) is 0 Å². The second kappa shape index (κ2) is 12.0. The van der Waals surface area contributed by atoms with Gasteiger partial charge in [-0.25, -0.2) is 0 Å². The molecule has 0 saturated carbocycles. The first kappa shape index (κ1) is 27.7. The van der Waals surface area contributed by atoms with Crippen molar-refractivity contribution in [2.45, 2.75) is 25.2 Å². The molecule has 0 aliphatic carbocycles. The SMILES string of the molecule is O=C(O)CCNC(=O)c1ccc(CN(C2=NC(c3ccc(C(F)(F)F)cc3)CS2)c2ccc(Br)cc2)cc1. The summed E-state index contributed by atoms with van der Waals surface area (Å²) in [5.74, 6) is -0.733. The van der Waals surface area contributed by atoms with E-state index in [4.69, 9.17) is 10.1 Å². The van der Waals surface area contributed by atoms with E-state index in [-0.39, 0.29) is 24.9 Å². The summed E-state index contributed by atoms with van der Waals surface area (Å²) in [5.41, 5.74) is 2.25. The van der Waals surface area contributed by atoms with Crippen molar-refractivity contribution < 1.29 is 27.9 Å². The summed E-state index contributed by atoms with van der Waals surface area (Å²) in [5, 5.41) is 12.0. The predicted octanol–water partition coefficient (Wildman–Crippen LogP) is 6.52. The number of amides is 1. The van der Waals surface area contributed by atoms with Crippen LogP contribution in [-0.2, 0) is 17.5 Å². The van der Waals surface area contributed by atoms with E-state index in [0.29, 0.717) is 17.9 Å². The molecule has 3 aromatic carbocycles. The first-order valence-electron chi connectivity index (χ1n) is 11.6. The molecule has 2 N–H and O–H groups in total. The molecule has 4 rings (SSSR count). The van der Waals surface area contributed by atoms with E-state index in [1.165, 1.54) is 23.9 Å². The minimum Gasteiger partial charge on any atom is -0.481 e. The van der Waals surface area contributed by atoms with Crippen LogP contribution >= 0.6 is 27.7 Å². The van der Waals surface area contributed by atoms with Crippen molar-refractivity contribution >= 4 is 50.4 Å². The molecule has 0 fully saturated rings. The Bertz CT molecular complexity index is 1310. The van der Waals surface area contributed by atoms with E-state index in [2.05, 4.69) is 21.2 Å². The number of carboxylic acid groups (broad SMARTS) is 1. The molecule has 1 aliphatic rings. The Kier molecular flexibility index (Phi) is 8.78. The van der Waals surface area contributed by atoms with Crippen molar-refractivity contribution in [1.29, 1.82) is 0 Å². The number of anilines is 1. The maximum absolute atomic E-state index is 13.0. The number of alkyl halides is 3. The normalized spacial score (nSPS) is 15.2. The van der Waals surface area contributed by atoms with Crippen molar-refractivity contribution in [3.8, 4) is 0 Å². The van der Waals surface area contributed by atoms with Gasteiger partial charge in [-0.3, -0.25) is 14.6 Å². The van der Waals surface area contributed by atoms with Gasteiger partial charge < -0.3 is 15.3 Å². The molecule has 38 heavy (non-hydrogen) atoms. The molecular weight excluding hydrogens is 583 g/mol. The minimum absolute atomic E-state index is 0.0460. The number of carboxylic acids is 1. The number of carbonyl (C=O) groups excluding carboxylic acids is 1. The van der Waals surface area contributed by atoms with Gasteiger partial charge in [-0.15, -0.1) is 0 Å². The highest BCUT2D eigenvalue weighted by Crippen LogP contribution is 2.36. The van der Waals surface area contributed by atoms with Crippen LogP contribution in [-0.4, -0.2) is 34.4 Å². The molecule has 11 heteroatoms. The van der Waals surface area contributed by atoms with Crippen LogP contribution in [0.15, 0.2) is 82.3 Å². The number of halogens is 4. The summed E-state index contributed by atoms with van der Waals surface area (Å²) in [6, 6.07) is 19.6. The molecule has 1 atom stereocenters. The molecule has 0 radical (unpaired) electrons. The van der Waals surface area contributed by atoms with Gasteiger partial charge in [0, 0.05) is 28.0 Å². The lowest BCUT2D eigenvalue weighted by molar-refractivity contribution is -0.138. The molecule has 0 saturated heterocycles. The molecule has 1 unspecified atom stereocenters. The fourth-order valence-electron chi connectivity index (χ4n) is 3.79. The number of amidine groups is 1. The van der Waals surface area contributed by atoms with Gasteiger partial charge >= 0.3 is 12.1 Å². The van der Waals surface area contributed by atoms with E-state index in [9.17, 15) is 22.8 Å². The molecular formula is C27H23BrF3N3O3S. The van der Waals surface area contributed by atoms with Gasteiger partial charge in [-0.05, 0) is 59.7 Å². The van der Waals surface area contributed by atoms with Gasteiger partial charge in [0.1, 0.15) is 0 Å². The number of thioether (sulfide) groups is 1. The first-order valence-corrected chi connectivity index (χ1v) is 13.4. The molecule has 3 aromatic rings. The van der Waals surface area contributed by atoms with Crippen LogP contribution in [0.1, 0.15) is 39.5 Å². The Hall–Kier alpha value is -3.31. The van der Waals surface area contributed by atoms with Crippen LogP contribution in [0, 0.1) is 0 Å². The third-order valence-corrected chi connectivity index (χ3v) is 7.40. The van der Waals surface area contributed by atoms with Crippen molar-refractivity contribution in [2.24, 2.45) is 4.99 Å². The van der Waals surface area contributed by atoms with E-state index < -0.39 is 17.7 Å². The fourth-order valence-corrected chi connectivity index (χ4v) is 5.16.